The first-order valence-corrected chi connectivity index (χ1v) is 9.94. The molecule has 1 aliphatic rings. The van der Waals surface area contributed by atoms with E-state index in [2.05, 4.69) is 4.98 Å². The van der Waals surface area contributed by atoms with Crippen molar-refractivity contribution in [1.29, 1.82) is 0 Å². The lowest BCUT2D eigenvalue weighted by atomic mass is 9.95. The van der Waals surface area contributed by atoms with Crippen molar-refractivity contribution < 1.29 is 28.6 Å². The molecule has 1 unspecified atom stereocenters. The first kappa shape index (κ1) is 21.0. The number of aliphatic hydroxyl groups is 1. The third-order valence-corrected chi connectivity index (χ3v) is 4.92. The van der Waals surface area contributed by atoms with Gasteiger partial charge in [-0.1, -0.05) is 6.07 Å². The zero-order chi connectivity index (χ0) is 22.8. The first-order valence-electron chi connectivity index (χ1n) is 9.94. The van der Waals surface area contributed by atoms with Gasteiger partial charge in [0.1, 0.15) is 0 Å². The third kappa shape index (κ3) is 3.78. The van der Waals surface area contributed by atoms with Crippen molar-refractivity contribution in [2.75, 3.05) is 4.90 Å². The molecule has 0 radical (unpaired) electrons. The van der Waals surface area contributed by atoms with Gasteiger partial charge < -0.3 is 14.3 Å². The zero-order valence-electron chi connectivity index (χ0n) is 17.4. The Hall–Kier alpha value is -4.20. The van der Waals surface area contributed by atoms with Crippen molar-refractivity contribution in [2.24, 2.45) is 0 Å². The number of carbonyl (C=O) groups excluding carboxylic acids is 3. The Morgan fingerprint density at radius 3 is 2.53 bits per heavy atom. The van der Waals surface area contributed by atoms with Gasteiger partial charge >= 0.3 is 5.97 Å². The van der Waals surface area contributed by atoms with E-state index < -0.39 is 29.5 Å². The number of hydrogen-bond acceptors (Lipinski definition) is 7. The molecule has 4 rings (SSSR count). The highest BCUT2D eigenvalue weighted by Gasteiger charge is 2.45. The van der Waals surface area contributed by atoms with Crippen LogP contribution in [0.5, 0.6) is 0 Å². The number of anilines is 1. The Bertz CT molecular complexity index is 1200. The number of rotatable bonds is 6. The summed E-state index contributed by atoms with van der Waals surface area (Å²) in [5, 5.41) is 10.7. The highest BCUT2D eigenvalue weighted by atomic mass is 16.5. The van der Waals surface area contributed by atoms with Gasteiger partial charge in [-0.2, -0.15) is 0 Å². The maximum Gasteiger partial charge on any atom is 0.338 e. The number of hydrogen-bond donors (Lipinski definition) is 1. The predicted octanol–water partition coefficient (Wildman–Crippen LogP) is 4.02. The summed E-state index contributed by atoms with van der Waals surface area (Å²) >= 11 is 0. The van der Waals surface area contributed by atoms with Crippen LogP contribution < -0.4 is 4.90 Å². The van der Waals surface area contributed by atoms with Crippen molar-refractivity contribution in [1.82, 2.24) is 4.98 Å². The average molecular weight is 432 g/mol. The largest absolute Gasteiger partial charge is 0.503 e. The summed E-state index contributed by atoms with van der Waals surface area (Å²) in [4.78, 5) is 43.9. The van der Waals surface area contributed by atoms with Gasteiger partial charge in [0, 0.05) is 18.1 Å². The summed E-state index contributed by atoms with van der Waals surface area (Å²) in [6, 6.07) is 11.6. The van der Waals surface area contributed by atoms with Crippen molar-refractivity contribution in [2.45, 2.75) is 26.0 Å². The lowest BCUT2D eigenvalue weighted by molar-refractivity contribution is -0.117. The van der Waals surface area contributed by atoms with Gasteiger partial charge in [0.2, 0.25) is 5.78 Å². The highest BCUT2D eigenvalue weighted by molar-refractivity contribution is 6.20. The minimum atomic E-state index is -0.945. The van der Waals surface area contributed by atoms with Crippen LogP contribution in [0.4, 0.5) is 5.69 Å². The van der Waals surface area contributed by atoms with E-state index in [9.17, 15) is 19.5 Å². The molecule has 8 heteroatoms. The standard InChI is InChI=1S/C24H20N2O6/c1-14(2)32-24(30)16-5-3-6-17(13-16)26-20(15-8-10-25-11-9-15)19(22(28)23(26)29)21(27)18-7-4-12-31-18/h3-14,20,28H,1-2H3. The molecule has 3 aromatic rings. The van der Waals surface area contributed by atoms with Gasteiger partial charge in [0.25, 0.3) is 5.91 Å². The molecule has 1 aliphatic heterocycles. The summed E-state index contributed by atoms with van der Waals surface area (Å²) in [6.07, 6.45) is 4.08. The van der Waals surface area contributed by atoms with E-state index in [1.54, 1.807) is 50.2 Å². The number of ketones is 1. The average Bonchev–Trinajstić information content (AvgIpc) is 3.41. The molecule has 1 N–H and O–H groups in total. The molecule has 2 aromatic heterocycles. The Morgan fingerprint density at radius 1 is 1.12 bits per heavy atom. The molecule has 8 nitrogen and oxygen atoms in total. The summed E-state index contributed by atoms with van der Waals surface area (Å²) in [5.74, 6) is -2.60. The predicted molar refractivity (Wildman–Crippen MR) is 114 cm³/mol. The van der Waals surface area contributed by atoms with Gasteiger partial charge in [-0.15, -0.1) is 0 Å². The maximum absolute atomic E-state index is 13.1. The first-order chi connectivity index (χ1) is 15.4. The monoisotopic (exact) mass is 432 g/mol. The molecular formula is C24H20N2O6. The van der Waals surface area contributed by atoms with Crippen molar-refractivity contribution in [3.05, 3.63) is 95.4 Å². The fraction of sp³-hybridized carbons (Fsp3) is 0.167. The van der Waals surface area contributed by atoms with Crippen LogP contribution in [0.25, 0.3) is 0 Å². The van der Waals surface area contributed by atoms with Crippen LogP contribution in [0, 0.1) is 0 Å². The van der Waals surface area contributed by atoms with Crippen molar-refractivity contribution in [3.63, 3.8) is 0 Å². The van der Waals surface area contributed by atoms with Crippen LogP contribution in [0.3, 0.4) is 0 Å². The molecule has 3 heterocycles. The molecule has 0 saturated heterocycles. The van der Waals surface area contributed by atoms with Crippen molar-refractivity contribution in [3.8, 4) is 0 Å². The Morgan fingerprint density at radius 2 is 1.88 bits per heavy atom. The number of pyridine rings is 1. The molecule has 1 amide bonds. The van der Waals surface area contributed by atoms with E-state index in [4.69, 9.17) is 9.15 Å². The number of esters is 1. The fourth-order valence-corrected chi connectivity index (χ4v) is 3.57. The number of nitrogens with zero attached hydrogens (tertiary/aromatic N) is 2. The number of benzene rings is 1. The quantitative estimate of drug-likeness (QED) is 0.463. The van der Waals surface area contributed by atoms with Crippen LogP contribution in [-0.4, -0.2) is 33.9 Å². The Balaban J connectivity index is 1.81. The van der Waals surface area contributed by atoms with Crippen LogP contribution in [0.2, 0.25) is 0 Å². The summed E-state index contributed by atoms with van der Waals surface area (Å²) < 4.78 is 10.5. The van der Waals surface area contributed by atoms with E-state index in [1.807, 2.05) is 0 Å². The van der Waals surface area contributed by atoms with Crippen molar-refractivity contribution >= 4 is 23.3 Å². The smallest absolute Gasteiger partial charge is 0.338 e. The molecule has 0 saturated carbocycles. The molecule has 32 heavy (non-hydrogen) atoms. The molecule has 0 spiro atoms. The van der Waals surface area contributed by atoms with Gasteiger partial charge in [-0.05, 0) is 61.9 Å². The third-order valence-electron chi connectivity index (χ3n) is 4.92. The normalized spacial score (nSPS) is 16.0. The van der Waals surface area contributed by atoms with Gasteiger partial charge in [-0.3, -0.25) is 19.5 Å². The molecule has 0 fully saturated rings. The molecular weight excluding hydrogens is 412 g/mol. The number of amides is 1. The second-order valence-corrected chi connectivity index (χ2v) is 7.43. The van der Waals surface area contributed by atoms with Crippen LogP contribution in [-0.2, 0) is 9.53 Å². The van der Waals surface area contributed by atoms with E-state index in [-0.39, 0.29) is 23.0 Å². The SMILES string of the molecule is CC(C)OC(=O)c1cccc(N2C(=O)C(O)=C(C(=O)c3ccco3)C2c2ccncc2)c1. The Kier molecular flexibility index (Phi) is 5.59. The van der Waals surface area contributed by atoms with Gasteiger partial charge in [0.15, 0.2) is 11.5 Å². The fourth-order valence-electron chi connectivity index (χ4n) is 3.57. The van der Waals surface area contributed by atoms with E-state index in [1.165, 1.54) is 35.7 Å². The summed E-state index contributed by atoms with van der Waals surface area (Å²) in [5.41, 5.74) is 1.00. The number of furan rings is 1. The lowest BCUT2D eigenvalue weighted by Gasteiger charge is -2.27. The second-order valence-electron chi connectivity index (χ2n) is 7.43. The van der Waals surface area contributed by atoms with E-state index in [0.29, 0.717) is 11.3 Å². The van der Waals surface area contributed by atoms with E-state index >= 15 is 0 Å². The summed E-state index contributed by atoms with van der Waals surface area (Å²) in [6.45, 7) is 3.47. The number of ether oxygens (including phenoxy) is 1. The van der Waals surface area contributed by atoms with Gasteiger partial charge in [-0.25, -0.2) is 4.79 Å². The molecule has 0 aliphatic carbocycles. The van der Waals surface area contributed by atoms with E-state index in [0.717, 1.165) is 0 Å². The number of aliphatic hydroxyl groups excluding tert-OH is 1. The Labute approximate surface area is 183 Å². The second kappa shape index (κ2) is 8.50. The minimum Gasteiger partial charge on any atom is -0.503 e. The molecule has 162 valence electrons. The maximum atomic E-state index is 13.1. The molecule has 1 atom stereocenters. The van der Waals surface area contributed by atoms with Crippen LogP contribution in [0.15, 0.2) is 82.9 Å². The zero-order valence-corrected chi connectivity index (χ0v) is 17.4. The molecule has 1 aromatic carbocycles. The lowest BCUT2D eigenvalue weighted by Crippen LogP contribution is -2.31. The number of Topliss-reactive ketones (excluding diaryl/α,β-unsaturated/α-hetero) is 1. The van der Waals surface area contributed by atoms with Crippen LogP contribution in [0.1, 0.15) is 46.4 Å². The topological polar surface area (TPSA) is 110 Å². The number of carbonyl (C=O) groups is 3. The van der Waals surface area contributed by atoms with Gasteiger partial charge in [0.05, 0.1) is 29.5 Å². The van der Waals surface area contributed by atoms with Crippen LogP contribution >= 0.6 is 0 Å². The minimum absolute atomic E-state index is 0.00508. The highest BCUT2D eigenvalue weighted by Crippen LogP contribution is 2.42. The molecule has 0 bridgehead atoms. The number of aromatic nitrogens is 1. The summed E-state index contributed by atoms with van der Waals surface area (Å²) in [7, 11) is 0.